The van der Waals surface area contributed by atoms with Gasteiger partial charge in [0, 0.05) is 66.9 Å². The summed E-state index contributed by atoms with van der Waals surface area (Å²) in [6.07, 6.45) is 1.06. The van der Waals surface area contributed by atoms with Crippen LogP contribution in [0.15, 0.2) is 59.7 Å². The largest absolute Gasteiger partial charge is 0.348 e. The molecule has 1 fully saturated rings. The summed E-state index contributed by atoms with van der Waals surface area (Å²) in [5, 5.41) is 6.10. The Morgan fingerprint density at radius 2 is 1.85 bits per heavy atom. The molecule has 3 heterocycles. The number of piperidine rings is 1. The molecule has 2 aliphatic rings. The van der Waals surface area contributed by atoms with Crippen molar-refractivity contribution in [3.05, 3.63) is 71.4 Å². The fourth-order valence-corrected chi connectivity index (χ4v) is 4.81. The summed E-state index contributed by atoms with van der Waals surface area (Å²) < 4.78 is 2.31. The van der Waals surface area contributed by atoms with Gasteiger partial charge in [0.2, 0.25) is 0 Å². The molecule has 2 unspecified atom stereocenters. The zero-order chi connectivity index (χ0) is 18.4. The molecule has 2 aromatic carbocycles. The van der Waals surface area contributed by atoms with Crippen LogP contribution in [0.4, 0.5) is 0 Å². The van der Waals surface area contributed by atoms with Crippen molar-refractivity contribution in [3.63, 3.8) is 0 Å². The SMILES string of the molecule is Cc1c(C2NN=C3CCN(Cc4ccccc4)CC32)c2ccccc2n1C. The van der Waals surface area contributed by atoms with Gasteiger partial charge in [-0.2, -0.15) is 5.10 Å². The van der Waals surface area contributed by atoms with Crippen LogP contribution >= 0.6 is 0 Å². The maximum Gasteiger partial charge on any atom is 0.0806 e. The van der Waals surface area contributed by atoms with E-state index in [0.29, 0.717) is 5.92 Å². The van der Waals surface area contributed by atoms with Gasteiger partial charge in [0.25, 0.3) is 0 Å². The second-order valence-electron chi connectivity index (χ2n) is 7.86. The van der Waals surface area contributed by atoms with Crippen LogP contribution in [0.1, 0.15) is 29.3 Å². The minimum Gasteiger partial charge on any atom is -0.348 e. The predicted molar refractivity (Wildman–Crippen MR) is 111 cm³/mol. The van der Waals surface area contributed by atoms with Gasteiger partial charge in [0.15, 0.2) is 0 Å². The highest BCUT2D eigenvalue weighted by Gasteiger charge is 2.39. The molecule has 0 amide bonds. The van der Waals surface area contributed by atoms with Crippen molar-refractivity contribution in [2.75, 3.05) is 13.1 Å². The number of aromatic nitrogens is 1. The van der Waals surface area contributed by atoms with Gasteiger partial charge in [-0.05, 0) is 18.6 Å². The Kier molecular flexibility index (Phi) is 4.01. The molecule has 138 valence electrons. The summed E-state index contributed by atoms with van der Waals surface area (Å²) in [4.78, 5) is 2.58. The van der Waals surface area contributed by atoms with Crippen molar-refractivity contribution < 1.29 is 0 Å². The van der Waals surface area contributed by atoms with Crippen LogP contribution in [0, 0.1) is 12.8 Å². The van der Waals surface area contributed by atoms with Gasteiger partial charge >= 0.3 is 0 Å². The molecule has 1 N–H and O–H groups in total. The average Bonchev–Trinajstić information content (AvgIpc) is 3.22. The van der Waals surface area contributed by atoms with Crippen LogP contribution in [-0.4, -0.2) is 28.3 Å². The number of aryl methyl sites for hydroxylation is 1. The zero-order valence-corrected chi connectivity index (χ0v) is 16.0. The van der Waals surface area contributed by atoms with E-state index in [1.807, 2.05) is 0 Å². The molecule has 0 saturated carbocycles. The van der Waals surface area contributed by atoms with E-state index in [4.69, 9.17) is 5.10 Å². The zero-order valence-electron chi connectivity index (χ0n) is 16.0. The molecular weight excluding hydrogens is 332 g/mol. The van der Waals surface area contributed by atoms with Crippen LogP contribution in [0.5, 0.6) is 0 Å². The van der Waals surface area contributed by atoms with Crippen molar-refractivity contribution >= 4 is 16.6 Å². The molecule has 1 aromatic heterocycles. The Morgan fingerprint density at radius 1 is 1.07 bits per heavy atom. The molecule has 2 atom stereocenters. The second-order valence-corrected chi connectivity index (χ2v) is 7.86. The van der Waals surface area contributed by atoms with Crippen LogP contribution in [0.25, 0.3) is 10.9 Å². The van der Waals surface area contributed by atoms with E-state index in [-0.39, 0.29) is 6.04 Å². The lowest BCUT2D eigenvalue weighted by Gasteiger charge is -2.33. The smallest absolute Gasteiger partial charge is 0.0806 e. The molecule has 0 aliphatic carbocycles. The normalized spacial score (nSPS) is 22.5. The lowest BCUT2D eigenvalue weighted by Crippen LogP contribution is -2.41. The minimum absolute atomic E-state index is 0.268. The van der Waals surface area contributed by atoms with Gasteiger partial charge in [0.05, 0.1) is 6.04 Å². The maximum atomic E-state index is 4.74. The summed E-state index contributed by atoms with van der Waals surface area (Å²) in [6.45, 7) is 5.41. The van der Waals surface area contributed by atoms with Crippen molar-refractivity contribution in [2.24, 2.45) is 18.1 Å². The summed E-state index contributed by atoms with van der Waals surface area (Å²) in [6, 6.07) is 19.8. The number of likely N-dealkylation sites (tertiary alicyclic amines) is 1. The monoisotopic (exact) mass is 358 g/mol. The topological polar surface area (TPSA) is 32.6 Å². The third-order valence-electron chi connectivity index (χ3n) is 6.33. The number of hydrogen-bond donors (Lipinski definition) is 1. The molecule has 0 radical (unpaired) electrons. The number of fused-ring (bicyclic) bond motifs is 2. The Hall–Kier alpha value is -2.59. The van der Waals surface area contributed by atoms with Gasteiger partial charge in [-0.15, -0.1) is 0 Å². The quantitative estimate of drug-likeness (QED) is 0.767. The Labute approximate surface area is 160 Å². The Morgan fingerprint density at radius 3 is 2.70 bits per heavy atom. The molecule has 27 heavy (non-hydrogen) atoms. The summed E-state index contributed by atoms with van der Waals surface area (Å²) in [7, 11) is 2.17. The molecule has 2 aliphatic heterocycles. The summed E-state index contributed by atoms with van der Waals surface area (Å²) in [5.74, 6) is 0.451. The molecule has 0 spiro atoms. The van der Waals surface area contributed by atoms with Crippen LogP contribution in [0.3, 0.4) is 0 Å². The van der Waals surface area contributed by atoms with E-state index in [0.717, 1.165) is 26.1 Å². The van der Waals surface area contributed by atoms with Crippen molar-refractivity contribution in [2.45, 2.75) is 25.9 Å². The Balaban J connectivity index is 1.45. The number of benzene rings is 2. The van der Waals surface area contributed by atoms with Crippen molar-refractivity contribution in [3.8, 4) is 0 Å². The van der Waals surface area contributed by atoms with E-state index in [2.05, 4.69) is 83.5 Å². The van der Waals surface area contributed by atoms with Crippen molar-refractivity contribution in [1.29, 1.82) is 0 Å². The highest BCUT2D eigenvalue weighted by Crippen LogP contribution is 2.38. The number of hydrazone groups is 1. The number of rotatable bonds is 3. The minimum atomic E-state index is 0.268. The Bertz CT molecular complexity index is 1000. The van der Waals surface area contributed by atoms with Gasteiger partial charge < -0.3 is 9.99 Å². The fraction of sp³-hybridized carbons (Fsp3) is 0.348. The van der Waals surface area contributed by atoms with Crippen LogP contribution in [0.2, 0.25) is 0 Å². The fourth-order valence-electron chi connectivity index (χ4n) is 4.81. The van der Waals surface area contributed by atoms with Gasteiger partial charge in [-0.25, -0.2) is 0 Å². The molecule has 3 aromatic rings. The molecule has 0 bridgehead atoms. The third-order valence-corrected chi connectivity index (χ3v) is 6.33. The van der Waals surface area contributed by atoms with E-state index < -0.39 is 0 Å². The van der Waals surface area contributed by atoms with Gasteiger partial charge in [-0.1, -0.05) is 48.5 Å². The van der Waals surface area contributed by atoms with Crippen LogP contribution in [-0.2, 0) is 13.6 Å². The highest BCUT2D eigenvalue weighted by molar-refractivity contribution is 5.92. The van der Waals surface area contributed by atoms with Gasteiger partial charge in [0.1, 0.15) is 0 Å². The predicted octanol–water partition coefficient (Wildman–Crippen LogP) is 4.01. The summed E-state index contributed by atoms with van der Waals surface area (Å²) in [5.41, 5.74) is 10.3. The van der Waals surface area contributed by atoms with E-state index in [9.17, 15) is 0 Å². The number of hydrogen-bond acceptors (Lipinski definition) is 3. The van der Waals surface area contributed by atoms with Crippen LogP contribution < -0.4 is 5.43 Å². The first-order chi connectivity index (χ1) is 13.2. The molecular formula is C23H26N4. The van der Waals surface area contributed by atoms with E-state index >= 15 is 0 Å². The number of nitrogens with one attached hydrogen (secondary N) is 1. The number of nitrogens with zero attached hydrogens (tertiary/aromatic N) is 3. The maximum absolute atomic E-state index is 4.74. The number of para-hydroxylation sites is 1. The first-order valence-corrected chi connectivity index (χ1v) is 9.84. The van der Waals surface area contributed by atoms with Crippen molar-refractivity contribution in [1.82, 2.24) is 14.9 Å². The average molecular weight is 358 g/mol. The molecule has 4 nitrogen and oxygen atoms in total. The lowest BCUT2D eigenvalue weighted by molar-refractivity contribution is 0.220. The lowest BCUT2D eigenvalue weighted by atomic mass is 9.85. The second kappa shape index (κ2) is 6.54. The molecule has 1 saturated heterocycles. The summed E-state index contributed by atoms with van der Waals surface area (Å²) >= 11 is 0. The first kappa shape index (κ1) is 16.6. The molecule has 4 heteroatoms. The third kappa shape index (κ3) is 2.76. The van der Waals surface area contributed by atoms with E-state index in [1.165, 1.54) is 33.4 Å². The first-order valence-electron chi connectivity index (χ1n) is 9.84. The highest BCUT2D eigenvalue weighted by atomic mass is 15.4. The standard InChI is InChI=1S/C23H26N4/c1-16-22(18-10-6-7-11-21(18)26(16)2)23-19-15-27(13-12-20(19)24-25-23)14-17-8-4-3-5-9-17/h3-11,19,23,25H,12-15H2,1-2H3. The van der Waals surface area contributed by atoms with E-state index in [1.54, 1.807) is 0 Å². The van der Waals surface area contributed by atoms with Gasteiger partial charge in [-0.3, -0.25) is 4.90 Å². The molecule has 5 rings (SSSR count).